The van der Waals surface area contributed by atoms with Gasteiger partial charge in [-0.3, -0.25) is 19.7 Å². The lowest BCUT2D eigenvalue weighted by Gasteiger charge is -2.15. The summed E-state index contributed by atoms with van der Waals surface area (Å²) in [5.41, 5.74) is 5.67. The molecule has 2 aliphatic rings. The van der Waals surface area contributed by atoms with Crippen molar-refractivity contribution in [3.05, 3.63) is 113 Å². The van der Waals surface area contributed by atoms with Crippen LogP contribution in [0.15, 0.2) is 89.5 Å². The number of furan rings is 1. The Balaban J connectivity index is 1.05. The summed E-state index contributed by atoms with van der Waals surface area (Å²) in [4.78, 5) is 51.8. The number of nitrogens with one attached hydrogen (secondary N) is 1. The molecule has 0 radical (unpaired) electrons. The molecular formula is C31H24N2O6. The second-order valence-corrected chi connectivity index (χ2v) is 9.54. The van der Waals surface area contributed by atoms with E-state index in [0.717, 1.165) is 22.4 Å². The fourth-order valence-electron chi connectivity index (χ4n) is 5.06. The first-order valence-electron chi connectivity index (χ1n) is 12.6. The third kappa shape index (κ3) is 4.78. The van der Waals surface area contributed by atoms with Crippen LogP contribution in [0.4, 0.5) is 5.69 Å². The topological polar surface area (TPSA) is 106 Å². The van der Waals surface area contributed by atoms with E-state index in [1.54, 1.807) is 24.5 Å². The minimum absolute atomic E-state index is 0.0280. The number of nitrogens with zero attached hydrogens (tertiary/aromatic N) is 1. The van der Waals surface area contributed by atoms with E-state index in [-0.39, 0.29) is 29.6 Å². The standard InChI is InChI=1S/C31H24N2O6/c34-28(21-9-12-26-22(15-21)14-20-4-1-2-6-25(20)26)18-39-31(37)19-7-10-23(11-8-19)33-29(35)16-27(30(33)36)32-17-24-5-3-13-38-24/h1-13,15,27,32H,14,16-18H2. The SMILES string of the molecule is O=C(COC(=O)c1ccc(N2C(=O)CC(NCc3ccco3)C2=O)cc1)c1ccc2c(c1)Cc1ccccc1-2. The minimum atomic E-state index is -0.666. The van der Waals surface area contributed by atoms with Crippen LogP contribution in [0.3, 0.4) is 0 Å². The van der Waals surface area contributed by atoms with E-state index >= 15 is 0 Å². The van der Waals surface area contributed by atoms with Crippen molar-refractivity contribution >= 4 is 29.3 Å². The van der Waals surface area contributed by atoms with Crippen LogP contribution >= 0.6 is 0 Å². The van der Waals surface area contributed by atoms with Crippen molar-refractivity contribution < 1.29 is 28.3 Å². The number of benzene rings is 3. The smallest absolute Gasteiger partial charge is 0.338 e. The highest BCUT2D eigenvalue weighted by atomic mass is 16.5. The van der Waals surface area contributed by atoms with E-state index in [2.05, 4.69) is 17.4 Å². The van der Waals surface area contributed by atoms with E-state index in [1.807, 2.05) is 24.3 Å². The number of hydrogen-bond donors (Lipinski definition) is 1. The molecule has 3 aromatic carbocycles. The Morgan fingerprint density at radius 1 is 0.897 bits per heavy atom. The highest BCUT2D eigenvalue weighted by Gasteiger charge is 2.39. The van der Waals surface area contributed by atoms with Crippen LogP contribution in [-0.2, 0) is 27.3 Å². The number of carbonyl (C=O) groups excluding carboxylic acids is 4. The number of ether oxygens (including phenoxy) is 1. The molecule has 1 saturated heterocycles. The van der Waals surface area contributed by atoms with Crippen molar-refractivity contribution in [2.75, 3.05) is 11.5 Å². The van der Waals surface area contributed by atoms with Gasteiger partial charge in [0.1, 0.15) is 5.76 Å². The number of amides is 2. The van der Waals surface area contributed by atoms with Crippen molar-refractivity contribution in [1.29, 1.82) is 0 Å². The molecule has 1 unspecified atom stereocenters. The Bertz CT molecular complexity index is 1590. The van der Waals surface area contributed by atoms with Gasteiger partial charge in [-0.1, -0.05) is 36.4 Å². The monoisotopic (exact) mass is 520 g/mol. The molecule has 8 nitrogen and oxygen atoms in total. The molecule has 0 spiro atoms. The molecule has 1 fully saturated rings. The number of Topliss-reactive ketones (excluding diaryl/α,β-unsaturated/α-hetero) is 1. The number of hydrogen-bond acceptors (Lipinski definition) is 7. The summed E-state index contributed by atoms with van der Waals surface area (Å²) in [6.07, 6.45) is 2.33. The molecule has 1 aliphatic carbocycles. The minimum Gasteiger partial charge on any atom is -0.468 e. The molecule has 39 heavy (non-hydrogen) atoms. The molecule has 0 bridgehead atoms. The average Bonchev–Trinajstić information content (AvgIpc) is 3.67. The van der Waals surface area contributed by atoms with Crippen molar-refractivity contribution in [3.63, 3.8) is 0 Å². The van der Waals surface area contributed by atoms with Crippen LogP contribution in [0, 0.1) is 0 Å². The fraction of sp³-hybridized carbons (Fsp3) is 0.161. The van der Waals surface area contributed by atoms with E-state index in [1.165, 1.54) is 35.4 Å². The van der Waals surface area contributed by atoms with Gasteiger partial charge in [0.15, 0.2) is 12.4 Å². The van der Waals surface area contributed by atoms with Gasteiger partial charge in [0.25, 0.3) is 5.91 Å². The van der Waals surface area contributed by atoms with Crippen molar-refractivity contribution in [1.82, 2.24) is 5.32 Å². The van der Waals surface area contributed by atoms with Gasteiger partial charge in [0.2, 0.25) is 5.91 Å². The number of imide groups is 1. The lowest BCUT2D eigenvalue weighted by molar-refractivity contribution is -0.121. The van der Waals surface area contributed by atoms with Crippen LogP contribution in [0.1, 0.15) is 44.0 Å². The first-order valence-corrected chi connectivity index (χ1v) is 12.6. The van der Waals surface area contributed by atoms with Gasteiger partial charge >= 0.3 is 5.97 Å². The van der Waals surface area contributed by atoms with E-state index in [9.17, 15) is 19.2 Å². The maximum Gasteiger partial charge on any atom is 0.338 e. The molecular weight excluding hydrogens is 496 g/mol. The Morgan fingerprint density at radius 3 is 2.46 bits per heavy atom. The number of carbonyl (C=O) groups is 4. The van der Waals surface area contributed by atoms with Gasteiger partial charge in [-0.2, -0.15) is 0 Å². The maximum absolute atomic E-state index is 12.8. The summed E-state index contributed by atoms with van der Waals surface area (Å²) in [5.74, 6) is -1.00. The van der Waals surface area contributed by atoms with Crippen LogP contribution < -0.4 is 10.2 Å². The number of anilines is 1. The average molecular weight is 521 g/mol. The van der Waals surface area contributed by atoms with Gasteiger partial charge in [0.05, 0.1) is 36.5 Å². The van der Waals surface area contributed by atoms with Gasteiger partial charge in [-0.25, -0.2) is 9.69 Å². The van der Waals surface area contributed by atoms with Crippen LogP contribution in [0.5, 0.6) is 0 Å². The Hall–Kier alpha value is -4.82. The molecule has 0 saturated carbocycles. The molecule has 4 aromatic rings. The number of ketones is 1. The van der Waals surface area contributed by atoms with Gasteiger partial charge < -0.3 is 9.15 Å². The third-order valence-corrected chi connectivity index (χ3v) is 7.06. The summed E-state index contributed by atoms with van der Waals surface area (Å²) >= 11 is 0. The summed E-state index contributed by atoms with van der Waals surface area (Å²) in [6.45, 7) is -0.0639. The van der Waals surface area contributed by atoms with Crippen molar-refractivity contribution in [2.24, 2.45) is 0 Å². The molecule has 1 aromatic heterocycles. The zero-order valence-corrected chi connectivity index (χ0v) is 20.9. The largest absolute Gasteiger partial charge is 0.468 e. The van der Waals surface area contributed by atoms with E-state index in [4.69, 9.17) is 9.15 Å². The molecule has 1 N–H and O–H groups in total. The van der Waals surface area contributed by atoms with Crippen LogP contribution in [0.25, 0.3) is 11.1 Å². The van der Waals surface area contributed by atoms with Gasteiger partial charge in [0, 0.05) is 5.56 Å². The summed E-state index contributed by atoms with van der Waals surface area (Å²) < 4.78 is 10.5. The Kier molecular flexibility index (Phi) is 6.38. The first kappa shape index (κ1) is 24.5. The Morgan fingerprint density at radius 2 is 1.67 bits per heavy atom. The quantitative estimate of drug-likeness (QED) is 0.185. The van der Waals surface area contributed by atoms with Crippen molar-refractivity contribution in [2.45, 2.75) is 25.4 Å². The lowest BCUT2D eigenvalue weighted by atomic mass is 10.0. The molecule has 6 rings (SSSR count). The molecule has 2 amide bonds. The van der Waals surface area contributed by atoms with E-state index in [0.29, 0.717) is 23.6 Å². The number of fused-ring (bicyclic) bond motifs is 3. The summed E-state index contributed by atoms with van der Waals surface area (Å²) in [7, 11) is 0. The zero-order valence-electron chi connectivity index (χ0n) is 20.9. The van der Waals surface area contributed by atoms with Crippen LogP contribution in [-0.4, -0.2) is 36.2 Å². The fourth-order valence-corrected chi connectivity index (χ4v) is 5.06. The second-order valence-electron chi connectivity index (χ2n) is 9.54. The lowest BCUT2D eigenvalue weighted by Crippen LogP contribution is -2.38. The number of esters is 1. The summed E-state index contributed by atoms with van der Waals surface area (Å²) in [6, 6.07) is 22.6. The molecule has 2 heterocycles. The summed E-state index contributed by atoms with van der Waals surface area (Å²) in [5, 5.41) is 3.04. The first-order chi connectivity index (χ1) is 19.0. The van der Waals surface area contributed by atoms with Crippen LogP contribution in [0.2, 0.25) is 0 Å². The predicted molar refractivity (Wildman–Crippen MR) is 142 cm³/mol. The Labute approximate surface area is 224 Å². The normalized spacial score (nSPS) is 15.8. The molecule has 1 atom stereocenters. The molecule has 194 valence electrons. The molecule has 1 aliphatic heterocycles. The predicted octanol–water partition coefficient (Wildman–Crippen LogP) is 4.31. The highest BCUT2D eigenvalue weighted by molar-refractivity contribution is 6.22. The maximum atomic E-state index is 12.8. The van der Waals surface area contributed by atoms with Gasteiger partial charge in [-0.15, -0.1) is 0 Å². The molecule has 8 heteroatoms. The van der Waals surface area contributed by atoms with Gasteiger partial charge in [-0.05, 0) is 71.1 Å². The number of rotatable bonds is 8. The van der Waals surface area contributed by atoms with Crippen molar-refractivity contribution in [3.8, 4) is 11.1 Å². The zero-order chi connectivity index (χ0) is 26.9. The third-order valence-electron chi connectivity index (χ3n) is 7.06. The highest BCUT2D eigenvalue weighted by Crippen LogP contribution is 2.36. The second kappa shape index (κ2) is 10.2. The van der Waals surface area contributed by atoms with E-state index < -0.39 is 18.6 Å².